The van der Waals surface area contributed by atoms with Crippen LogP contribution < -0.4 is 10.3 Å². The number of carbonyl (C=O) groups is 1. The van der Waals surface area contributed by atoms with Gasteiger partial charge in [-0.25, -0.2) is 9.78 Å². The molecule has 0 N–H and O–H groups in total. The summed E-state index contributed by atoms with van der Waals surface area (Å²) in [4.78, 5) is 31.1. The third-order valence-electron chi connectivity index (χ3n) is 5.65. The summed E-state index contributed by atoms with van der Waals surface area (Å²) in [7, 11) is 0. The van der Waals surface area contributed by atoms with E-state index in [1.807, 2.05) is 19.1 Å². The summed E-state index contributed by atoms with van der Waals surface area (Å²) in [6, 6.07) is 24.7. The number of halogens is 3. The maximum Gasteiger partial charge on any atom is 0.343 e. The molecule has 0 aliphatic heterocycles. The molecule has 0 aliphatic rings. The van der Waals surface area contributed by atoms with Crippen LogP contribution in [0, 0.1) is 6.92 Å². The Kier molecular flexibility index (Phi) is 7.56. The van der Waals surface area contributed by atoms with Gasteiger partial charge in [0.25, 0.3) is 5.56 Å². The molecular weight excluding hydrogens is 634 g/mol. The average Bonchev–Trinajstić information content (AvgIpc) is 2.90. The van der Waals surface area contributed by atoms with Gasteiger partial charge in [0.15, 0.2) is 11.6 Å². The minimum Gasteiger partial charge on any atom is -0.421 e. The summed E-state index contributed by atoms with van der Waals surface area (Å²) in [5.74, 6) is 0.0880. The third kappa shape index (κ3) is 5.48. The van der Waals surface area contributed by atoms with Gasteiger partial charge in [-0.1, -0.05) is 57.4 Å². The van der Waals surface area contributed by atoms with Crippen LogP contribution in [-0.2, 0) is 0 Å². The molecule has 6 nitrogen and oxygen atoms in total. The van der Waals surface area contributed by atoms with Crippen molar-refractivity contribution in [1.82, 2.24) is 9.66 Å². The van der Waals surface area contributed by atoms with E-state index >= 15 is 0 Å². The van der Waals surface area contributed by atoms with E-state index in [1.54, 1.807) is 72.8 Å². The van der Waals surface area contributed by atoms with Crippen molar-refractivity contribution in [2.24, 2.45) is 5.10 Å². The summed E-state index contributed by atoms with van der Waals surface area (Å²) in [6.45, 7) is 1.90. The average molecular weight is 652 g/mol. The summed E-state index contributed by atoms with van der Waals surface area (Å²) in [5.41, 5.74) is 2.69. The smallest absolute Gasteiger partial charge is 0.343 e. The summed E-state index contributed by atoms with van der Waals surface area (Å²) < 4.78 is 8.27. The van der Waals surface area contributed by atoms with E-state index in [2.05, 4.69) is 37.0 Å². The number of hydrogen-bond acceptors (Lipinski definition) is 5. The molecule has 0 saturated heterocycles. The van der Waals surface area contributed by atoms with Gasteiger partial charge in [-0.3, -0.25) is 4.79 Å². The van der Waals surface area contributed by atoms with Crippen molar-refractivity contribution >= 4 is 66.5 Å². The van der Waals surface area contributed by atoms with Crippen molar-refractivity contribution in [3.8, 4) is 17.1 Å². The van der Waals surface area contributed by atoms with Crippen LogP contribution >= 0.6 is 43.5 Å². The van der Waals surface area contributed by atoms with Crippen molar-refractivity contribution in [3.63, 3.8) is 0 Å². The molecule has 1 heterocycles. The van der Waals surface area contributed by atoms with Gasteiger partial charge in [0.2, 0.25) is 0 Å². The van der Waals surface area contributed by atoms with Crippen LogP contribution in [0.4, 0.5) is 0 Å². The van der Waals surface area contributed by atoms with Gasteiger partial charge < -0.3 is 4.74 Å². The van der Waals surface area contributed by atoms with Crippen molar-refractivity contribution in [2.75, 3.05) is 0 Å². The minimum absolute atomic E-state index is 0.262. The van der Waals surface area contributed by atoms with Crippen LogP contribution in [0.5, 0.6) is 5.75 Å². The van der Waals surface area contributed by atoms with Gasteiger partial charge in [0.1, 0.15) is 0 Å². The second-order valence-corrected chi connectivity index (χ2v) is 10.6. The van der Waals surface area contributed by atoms with Crippen LogP contribution in [0.15, 0.2) is 104 Å². The molecule has 4 aromatic carbocycles. The molecule has 1 aromatic heterocycles. The Morgan fingerprint density at radius 3 is 2.53 bits per heavy atom. The zero-order chi connectivity index (χ0) is 26.8. The van der Waals surface area contributed by atoms with E-state index in [-0.39, 0.29) is 11.3 Å². The number of rotatable bonds is 5. The highest BCUT2D eigenvalue weighted by Gasteiger charge is 2.17. The molecule has 0 atom stereocenters. The molecule has 0 radical (unpaired) electrons. The maximum absolute atomic E-state index is 13.5. The molecule has 0 bridgehead atoms. The SMILES string of the molecule is Cc1cccc(C(=O)Oc2c(Br)cc(Br)cc2C=Nn2c(-c3ccc(Cl)cc3)nc3ccccc3c2=O)c1. The highest BCUT2D eigenvalue weighted by atomic mass is 79.9. The topological polar surface area (TPSA) is 73.5 Å². The van der Waals surface area contributed by atoms with Crippen molar-refractivity contribution in [2.45, 2.75) is 6.92 Å². The van der Waals surface area contributed by atoms with Crippen LogP contribution in [0.25, 0.3) is 22.3 Å². The van der Waals surface area contributed by atoms with Gasteiger partial charge >= 0.3 is 5.97 Å². The summed E-state index contributed by atoms with van der Waals surface area (Å²) in [6.07, 6.45) is 1.46. The Morgan fingerprint density at radius 1 is 1.00 bits per heavy atom. The lowest BCUT2D eigenvalue weighted by atomic mass is 10.1. The standard InChI is InChI=1S/C29H18Br2ClN3O3/c1-17-5-4-6-19(13-17)29(37)38-26-20(14-21(30)15-24(26)31)16-33-35-27(18-9-11-22(32)12-10-18)34-25-8-3-2-7-23(25)28(35)36/h2-16H,1H3. The first-order valence-electron chi connectivity index (χ1n) is 11.4. The highest BCUT2D eigenvalue weighted by molar-refractivity contribution is 9.11. The second-order valence-electron chi connectivity index (χ2n) is 8.39. The predicted molar refractivity (Wildman–Crippen MR) is 157 cm³/mol. The zero-order valence-electron chi connectivity index (χ0n) is 19.9. The fraction of sp³-hybridized carbons (Fsp3) is 0.0345. The van der Waals surface area contributed by atoms with Crippen molar-refractivity contribution < 1.29 is 9.53 Å². The van der Waals surface area contributed by atoms with Crippen molar-refractivity contribution in [1.29, 1.82) is 0 Å². The first-order chi connectivity index (χ1) is 18.3. The molecule has 9 heteroatoms. The normalized spacial score (nSPS) is 11.3. The van der Waals surface area contributed by atoms with E-state index in [0.29, 0.717) is 42.9 Å². The number of aromatic nitrogens is 2. The zero-order valence-corrected chi connectivity index (χ0v) is 23.8. The number of nitrogens with zero attached hydrogens (tertiary/aromatic N) is 3. The predicted octanol–water partition coefficient (Wildman–Crippen LogP) is 7.65. The number of fused-ring (bicyclic) bond motifs is 1. The number of carbonyl (C=O) groups excluding carboxylic acids is 1. The number of aryl methyl sites for hydroxylation is 1. The number of esters is 1. The largest absolute Gasteiger partial charge is 0.421 e. The van der Waals surface area contributed by atoms with Gasteiger partial charge in [-0.05, 0) is 83.5 Å². The Bertz CT molecular complexity index is 1780. The van der Waals surface area contributed by atoms with Crippen LogP contribution in [0.2, 0.25) is 5.02 Å². The molecule has 5 aromatic rings. The Balaban J connectivity index is 1.62. The number of benzene rings is 4. The summed E-state index contributed by atoms with van der Waals surface area (Å²) >= 11 is 13.0. The molecule has 38 heavy (non-hydrogen) atoms. The fourth-order valence-corrected chi connectivity index (χ4v) is 5.31. The monoisotopic (exact) mass is 649 g/mol. The Morgan fingerprint density at radius 2 is 1.76 bits per heavy atom. The maximum atomic E-state index is 13.5. The number of ether oxygens (including phenoxy) is 1. The lowest BCUT2D eigenvalue weighted by Gasteiger charge is -2.12. The van der Waals surface area contributed by atoms with E-state index in [1.165, 1.54) is 10.9 Å². The van der Waals surface area contributed by atoms with E-state index in [0.717, 1.165) is 10.0 Å². The second kappa shape index (κ2) is 11.0. The van der Waals surface area contributed by atoms with E-state index < -0.39 is 5.97 Å². The van der Waals surface area contributed by atoms with E-state index in [9.17, 15) is 9.59 Å². The van der Waals surface area contributed by atoms with Crippen molar-refractivity contribution in [3.05, 3.63) is 126 Å². The van der Waals surface area contributed by atoms with Crippen LogP contribution in [0.3, 0.4) is 0 Å². The quantitative estimate of drug-likeness (QED) is 0.111. The molecule has 0 saturated carbocycles. The van der Waals surface area contributed by atoms with Crippen LogP contribution in [0.1, 0.15) is 21.5 Å². The van der Waals surface area contributed by atoms with Gasteiger partial charge in [-0.15, -0.1) is 0 Å². The molecule has 188 valence electrons. The molecule has 0 amide bonds. The Labute approximate surface area is 239 Å². The molecular formula is C29H18Br2ClN3O3. The fourth-order valence-electron chi connectivity index (χ4n) is 3.84. The molecule has 0 spiro atoms. The van der Waals surface area contributed by atoms with E-state index in [4.69, 9.17) is 21.3 Å². The molecule has 0 aliphatic carbocycles. The minimum atomic E-state index is -0.516. The lowest BCUT2D eigenvalue weighted by molar-refractivity contribution is 0.0733. The van der Waals surface area contributed by atoms with Gasteiger partial charge in [0, 0.05) is 20.6 Å². The summed E-state index contributed by atoms with van der Waals surface area (Å²) in [5, 5.41) is 5.49. The first kappa shape index (κ1) is 26.0. The van der Waals surface area contributed by atoms with Gasteiger partial charge in [-0.2, -0.15) is 9.78 Å². The number of hydrogen-bond donors (Lipinski definition) is 0. The van der Waals surface area contributed by atoms with Gasteiger partial charge in [0.05, 0.1) is 27.2 Å². The third-order valence-corrected chi connectivity index (χ3v) is 6.95. The first-order valence-corrected chi connectivity index (χ1v) is 13.4. The lowest BCUT2D eigenvalue weighted by Crippen LogP contribution is -2.20. The highest BCUT2D eigenvalue weighted by Crippen LogP contribution is 2.33. The number of para-hydroxylation sites is 1. The Hall–Kier alpha value is -3.59. The van der Waals surface area contributed by atoms with Crippen LogP contribution in [-0.4, -0.2) is 21.8 Å². The molecule has 0 fully saturated rings. The molecule has 0 unspecified atom stereocenters. The molecule has 5 rings (SSSR count).